The minimum atomic E-state index is -0.500. The summed E-state index contributed by atoms with van der Waals surface area (Å²) in [5, 5.41) is 3.92. The molecule has 1 aliphatic carbocycles. The van der Waals surface area contributed by atoms with Gasteiger partial charge in [0.05, 0.1) is 17.7 Å². The van der Waals surface area contributed by atoms with Gasteiger partial charge in [-0.25, -0.2) is 4.79 Å². The molecule has 0 bridgehead atoms. The Morgan fingerprint density at radius 3 is 2.60 bits per heavy atom. The molecule has 110 valence electrons. The van der Waals surface area contributed by atoms with E-state index >= 15 is 0 Å². The maximum atomic E-state index is 11.8. The number of thiophene rings is 1. The van der Waals surface area contributed by atoms with Crippen LogP contribution in [-0.4, -0.2) is 25.4 Å². The number of esters is 1. The van der Waals surface area contributed by atoms with Gasteiger partial charge in [-0.3, -0.25) is 4.79 Å². The molecule has 0 radical (unpaired) electrons. The van der Waals surface area contributed by atoms with E-state index < -0.39 is 5.97 Å². The molecule has 6 heteroatoms. The van der Waals surface area contributed by atoms with Crippen LogP contribution in [0.25, 0.3) is 0 Å². The van der Waals surface area contributed by atoms with Crippen molar-refractivity contribution in [1.82, 2.24) is 0 Å². The van der Waals surface area contributed by atoms with Crippen LogP contribution in [0.2, 0.25) is 0 Å². The number of hydrogen-bond donors (Lipinski definition) is 2. The lowest BCUT2D eigenvalue weighted by Gasteiger charge is -2.11. The first-order valence-corrected chi connectivity index (χ1v) is 7.61. The highest BCUT2D eigenvalue weighted by atomic mass is 32.1. The van der Waals surface area contributed by atoms with Gasteiger partial charge in [0, 0.05) is 13.5 Å². The Hall–Kier alpha value is -1.56. The van der Waals surface area contributed by atoms with Gasteiger partial charge in [-0.2, -0.15) is 0 Å². The standard InChI is InChI=1S/C14H20N2O3S/c1-8(17)12-11(15)10(14(18)19-2)13(20-12)16-7-9-5-3-4-6-9/h9,16H,3-7,15H2,1-2H3. The Kier molecular flexibility index (Phi) is 4.65. The summed E-state index contributed by atoms with van der Waals surface area (Å²) in [5.74, 6) is -0.00339. The Bertz CT molecular complexity index is 519. The van der Waals surface area contributed by atoms with Crippen molar-refractivity contribution in [2.24, 2.45) is 5.92 Å². The molecule has 20 heavy (non-hydrogen) atoms. The van der Waals surface area contributed by atoms with Crippen LogP contribution in [0.3, 0.4) is 0 Å². The lowest BCUT2D eigenvalue weighted by molar-refractivity contribution is 0.0603. The van der Waals surface area contributed by atoms with Gasteiger partial charge in [-0.1, -0.05) is 12.8 Å². The first kappa shape index (κ1) is 14.8. The lowest BCUT2D eigenvalue weighted by Crippen LogP contribution is -2.13. The Balaban J connectivity index is 2.22. The van der Waals surface area contributed by atoms with E-state index in [-0.39, 0.29) is 11.5 Å². The van der Waals surface area contributed by atoms with E-state index in [4.69, 9.17) is 10.5 Å². The van der Waals surface area contributed by atoms with Crippen LogP contribution in [0.15, 0.2) is 0 Å². The summed E-state index contributed by atoms with van der Waals surface area (Å²) >= 11 is 1.23. The highest BCUT2D eigenvalue weighted by Gasteiger charge is 2.25. The Morgan fingerprint density at radius 1 is 1.40 bits per heavy atom. The molecule has 1 saturated carbocycles. The number of methoxy groups -OCH3 is 1. The van der Waals surface area contributed by atoms with Crippen LogP contribution in [0.1, 0.15) is 52.6 Å². The fraction of sp³-hybridized carbons (Fsp3) is 0.571. The largest absolute Gasteiger partial charge is 0.465 e. The number of Topliss-reactive ketones (excluding diaryl/α,β-unsaturated/α-hetero) is 1. The number of ketones is 1. The van der Waals surface area contributed by atoms with Crippen molar-refractivity contribution >= 4 is 33.8 Å². The van der Waals surface area contributed by atoms with E-state index in [1.807, 2.05) is 0 Å². The highest BCUT2D eigenvalue weighted by molar-refractivity contribution is 7.19. The van der Waals surface area contributed by atoms with Gasteiger partial charge >= 0.3 is 5.97 Å². The van der Waals surface area contributed by atoms with Gasteiger partial charge in [0.25, 0.3) is 0 Å². The predicted molar refractivity (Wildman–Crippen MR) is 80.5 cm³/mol. The normalized spacial score (nSPS) is 15.3. The number of carbonyl (C=O) groups is 2. The van der Waals surface area contributed by atoms with Gasteiger partial charge in [-0.15, -0.1) is 11.3 Å². The van der Waals surface area contributed by atoms with Crippen molar-refractivity contribution in [3.05, 3.63) is 10.4 Å². The van der Waals surface area contributed by atoms with Crippen LogP contribution in [0.4, 0.5) is 10.7 Å². The zero-order chi connectivity index (χ0) is 14.7. The Labute approximate surface area is 122 Å². The molecule has 1 fully saturated rings. The summed E-state index contributed by atoms with van der Waals surface area (Å²) in [4.78, 5) is 23.8. The molecule has 0 amide bonds. The fourth-order valence-corrected chi connectivity index (χ4v) is 3.60. The van der Waals surface area contributed by atoms with Crippen molar-refractivity contribution in [2.75, 3.05) is 24.7 Å². The number of nitrogens with one attached hydrogen (secondary N) is 1. The monoisotopic (exact) mass is 296 g/mol. The number of nitrogens with two attached hydrogens (primary N) is 1. The van der Waals surface area contributed by atoms with E-state index in [1.54, 1.807) is 0 Å². The number of nitrogen functional groups attached to an aromatic ring is 1. The van der Waals surface area contributed by atoms with Gasteiger partial charge in [-0.05, 0) is 18.8 Å². The van der Waals surface area contributed by atoms with Crippen LogP contribution < -0.4 is 11.1 Å². The molecule has 0 unspecified atom stereocenters. The third-order valence-electron chi connectivity index (χ3n) is 3.68. The minimum absolute atomic E-state index is 0.133. The molecule has 2 rings (SSSR count). The molecule has 5 nitrogen and oxygen atoms in total. The fourth-order valence-electron chi connectivity index (χ4n) is 2.59. The molecule has 0 atom stereocenters. The van der Waals surface area contributed by atoms with Gasteiger partial charge < -0.3 is 15.8 Å². The summed E-state index contributed by atoms with van der Waals surface area (Å²) in [5.41, 5.74) is 6.43. The van der Waals surface area contributed by atoms with Crippen LogP contribution in [-0.2, 0) is 4.74 Å². The molecular formula is C14H20N2O3S. The minimum Gasteiger partial charge on any atom is -0.465 e. The van der Waals surface area contributed by atoms with Gasteiger partial charge in [0.2, 0.25) is 0 Å². The van der Waals surface area contributed by atoms with E-state index in [1.165, 1.54) is 51.1 Å². The molecule has 1 heterocycles. The molecule has 0 aromatic carbocycles. The maximum absolute atomic E-state index is 11.8. The summed E-state index contributed by atoms with van der Waals surface area (Å²) in [6.07, 6.45) is 4.95. The first-order chi connectivity index (χ1) is 9.54. The third kappa shape index (κ3) is 2.95. The van der Waals surface area contributed by atoms with E-state index in [2.05, 4.69) is 5.32 Å². The first-order valence-electron chi connectivity index (χ1n) is 6.80. The van der Waals surface area contributed by atoms with Crippen molar-refractivity contribution in [3.63, 3.8) is 0 Å². The SMILES string of the molecule is COC(=O)c1c(NCC2CCCC2)sc(C(C)=O)c1N. The quantitative estimate of drug-likeness (QED) is 0.645. The number of anilines is 2. The zero-order valence-electron chi connectivity index (χ0n) is 11.8. The van der Waals surface area contributed by atoms with Crippen LogP contribution in [0.5, 0.6) is 0 Å². The molecule has 3 N–H and O–H groups in total. The second-order valence-electron chi connectivity index (χ2n) is 5.13. The van der Waals surface area contributed by atoms with E-state index in [0.29, 0.717) is 21.4 Å². The second-order valence-corrected chi connectivity index (χ2v) is 6.15. The molecule has 0 spiro atoms. The molecular weight excluding hydrogens is 276 g/mol. The predicted octanol–water partition coefficient (Wildman–Crippen LogP) is 2.92. The topological polar surface area (TPSA) is 81.4 Å². The van der Waals surface area contributed by atoms with E-state index in [9.17, 15) is 9.59 Å². The third-order valence-corrected chi connectivity index (χ3v) is 4.94. The summed E-state index contributed by atoms with van der Waals surface area (Å²) in [6, 6.07) is 0. The molecule has 1 aromatic heterocycles. The van der Waals surface area contributed by atoms with Crippen LogP contribution in [0, 0.1) is 5.92 Å². The second kappa shape index (κ2) is 6.26. The van der Waals surface area contributed by atoms with Crippen molar-refractivity contribution in [3.8, 4) is 0 Å². The maximum Gasteiger partial charge on any atom is 0.343 e. The van der Waals surface area contributed by atoms with Crippen molar-refractivity contribution in [1.29, 1.82) is 0 Å². The number of ether oxygens (including phenoxy) is 1. The Morgan fingerprint density at radius 2 is 2.05 bits per heavy atom. The average molecular weight is 296 g/mol. The van der Waals surface area contributed by atoms with Gasteiger partial charge in [0.1, 0.15) is 10.6 Å². The smallest absolute Gasteiger partial charge is 0.343 e. The lowest BCUT2D eigenvalue weighted by atomic mass is 10.1. The number of carbonyl (C=O) groups excluding carboxylic acids is 2. The molecule has 1 aromatic rings. The number of rotatable bonds is 5. The zero-order valence-corrected chi connectivity index (χ0v) is 12.6. The highest BCUT2D eigenvalue weighted by Crippen LogP contribution is 2.37. The molecule has 0 aliphatic heterocycles. The molecule has 0 saturated heterocycles. The number of hydrogen-bond acceptors (Lipinski definition) is 6. The summed E-state index contributed by atoms with van der Waals surface area (Å²) in [7, 11) is 1.31. The van der Waals surface area contributed by atoms with Crippen molar-refractivity contribution < 1.29 is 14.3 Å². The molecule has 1 aliphatic rings. The summed E-state index contributed by atoms with van der Waals surface area (Å²) in [6.45, 7) is 2.26. The van der Waals surface area contributed by atoms with Crippen LogP contribution >= 0.6 is 11.3 Å². The van der Waals surface area contributed by atoms with E-state index in [0.717, 1.165) is 6.54 Å². The average Bonchev–Trinajstić information content (AvgIpc) is 3.03. The summed E-state index contributed by atoms with van der Waals surface area (Å²) < 4.78 is 4.76. The van der Waals surface area contributed by atoms with Gasteiger partial charge in [0.15, 0.2) is 5.78 Å². The van der Waals surface area contributed by atoms with Crippen molar-refractivity contribution in [2.45, 2.75) is 32.6 Å².